The van der Waals surface area contributed by atoms with Crippen LogP contribution in [-0.2, 0) is 28.6 Å². The van der Waals surface area contributed by atoms with Crippen LogP contribution in [0.25, 0.3) is 0 Å². The minimum Gasteiger partial charge on any atom is -0.465 e. The lowest BCUT2D eigenvalue weighted by molar-refractivity contribution is -0.150. The predicted molar refractivity (Wildman–Crippen MR) is 309 cm³/mol. The minimum absolute atomic E-state index is 0.0106. The van der Waals surface area contributed by atoms with Gasteiger partial charge in [-0.25, -0.2) is 0 Å². The standard InChI is InChI=1S/C64H124N2O7/c1-6-11-16-21-24-25-28-34-44-63(69)72-56-60(57-73-64(70)54-58(39-30-19-14-9-4)40-32-26-22-17-12-7-2)43-36-38-49-66(61-46-47-61)51-50-65(52-53-67)48-37-29-35-45-62(68)71-55-59(41-31-20-15-10-5)42-33-27-23-18-13-8-3/h58-61,67H,6-57H2,1-5H3. The molecule has 1 fully saturated rings. The maximum absolute atomic E-state index is 13.4. The molecule has 73 heavy (non-hydrogen) atoms. The number of unbranched alkanes of at least 4 members (excludes halogenated alkanes) is 26. The number of carbonyl (C=O) groups excluding carboxylic acids is 3. The highest BCUT2D eigenvalue weighted by atomic mass is 16.5. The van der Waals surface area contributed by atoms with Crippen molar-refractivity contribution >= 4 is 17.9 Å². The SMILES string of the molecule is CCCCCCCCCCC(=O)OCC(CCCCN(CCN(CCO)CCCCCC(=O)OCC(CCCCCC)CCCCCCCC)C1CC1)COC(=O)CC(CCCCCC)CCCCCCCC. The average Bonchev–Trinajstić information content (AvgIpc) is 4.24. The predicted octanol–water partition coefficient (Wildman–Crippen LogP) is 17.3. The van der Waals surface area contributed by atoms with Crippen LogP contribution in [0.2, 0.25) is 0 Å². The first kappa shape index (κ1) is 69.3. The largest absolute Gasteiger partial charge is 0.465 e. The highest BCUT2D eigenvalue weighted by Gasteiger charge is 2.29. The molecule has 9 nitrogen and oxygen atoms in total. The van der Waals surface area contributed by atoms with E-state index < -0.39 is 0 Å². The van der Waals surface area contributed by atoms with Crippen molar-refractivity contribution in [3.8, 4) is 0 Å². The van der Waals surface area contributed by atoms with Gasteiger partial charge in [-0.05, 0) is 95.6 Å². The molecule has 0 amide bonds. The van der Waals surface area contributed by atoms with Crippen LogP contribution in [0, 0.1) is 17.8 Å². The molecular weight excluding hydrogens is 909 g/mol. The van der Waals surface area contributed by atoms with Crippen molar-refractivity contribution in [2.24, 2.45) is 17.8 Å². The highest BCUT2D eigenvalue weighted by molar-refractivity contribution is 5.70. The molecule has 1 aliphatic rings. The molecule has 1 aliphatic carbocycles. The first-order valence-electron chi connectivity index (χ1n) is 32.3. The molecule has 1 saturated carbocycles. The van der Waals surface area contributed by atoms with E-state index in [0.717, 1.165) is 90.4 Å². The Bertz CT molecular complexity index is 1210. The molecule has 0 bridgehead atoms. The quantitative estimate of drug-likeness (QED) is 0.0362. The van der Waals surface area contributed by atoms with Crippen molar-refractivity contribution in [3.63, 3.8) is 0 Å². The van der Waals surface area contributed by atoms with E-state index in [-0.39, 0.29) is 30.4 Å². The third kappa shape index (κ3) is 45.1. The summed E-state index contributed by atoms with van der Waals surface area (Å²) in [6.45, 7) is 17.2. The lowest BCUT2D eigenvalue weighted by Gasteiger charge is -2.27. The van der Waals surface area contributed by atoms with Crippen molar-refractivity contribution in [2.45, 2.75) is 317 Å². The van der Waals surface area contributed by atoms with Crippen LogP contribution in [0.4, 0.5) is 0 Å². The Labute approximate surface area is 453 Å². The van der Waals surface area contributed by atoms with E-state index in [4.69, 9.17) is 14.2 Å². The van der Waals surface area contributed by atoms with E-state index in [2.05, 4.69) is 44.4 Å². The molecule has 0 aliphatic heterocycles. The van der Waals surface area contributed by atoms with Gasteiger partial charge in [-0.15, -0.1) is 0 Å². The molecule has 0 heterocycles. The van der Waals surface area contributed by atoms with Crippen LogP contribution in [0.1, 0.15) is 311 Å². The Morgan fingerprint density at radius 1 is 0.384 bits per heavy atom. The van der Waals surface area contributed by atoms with Gasteiger partial charge in [-0.2, -0.15) is 0 Å². The molecule has 0 aromatic rings. The summed E-state index contributed by atoms with van der Waals surface area (Å²) in [7, 11) is 0. The van der Waals surface area contributed by atoms with E-state index in [1.165, 1.54) is 193 Å². The number of aliphatic hydroxyl groups is 1. The van der Waals surface area contributed by atoms with Crippen molar-refractivity contribution in [3.05, 3.63) is 0 Å². The van der Waals surface area contributed by atoms with Crippen LogP contribution < -0.4 is 0 Å². The van der Waals surface area contributed by atoms with E-state index in [0.29, 0.717) is 63.5 Å². The Kier molecular flexibility index (Phi) is 49.7. The lowest BCUT2D eigenvalue weighted by Crippen LogP contribution is -2.38. The van der Waals surface area contributed by atoms with Gasteiger partial charge in [0.15, 0.2) is 0 Å². The molecule has 0 spiro atoms. The first-order valence-corrected chi connectivity index (χ1v) is 32.3. The molecule has 3 atom stereocenters. The van der Waals surface area contributed by atoms with Crippen molar-refractivity contribution in [2.75, 3.05) is 59.2 Å². The molecular formula is C64H124N2O7. The normalized spacial score (nSPS) is 14.0. The van der Waals surface area contributed by atoms with Crippen LogP contribution in [-0.4, -0.2) is 98.0 Å². The third-order valence-electron chi connectivity index (χ3n) is 15.8. The summed E-state index contributed by atoms with van der Waals surface area (Å²) in [4.78, 5) is 44.1. The van der Waals surface area contributed by atoms with Gasteiger partial charge in [0.1, 0.15) is 0 Å². The zero-order valence-corrected chi connectivity index (χ0v) is 49.4. The number of carbonyl (C=O) groups is 3. The second-order valence-electron chi connectivity index (χ2n) is 23.0. The van der Waals surface area contributed by atoms with Gasteiger partial charge in [0.25, 0.3) is 0 Å². The number of hydrogen-bond donors (Lipinski definition) is 1. The van der Waals surface area contributed by atoms with Crippen LogP contribution >= 0.6 is 0 Å². The van der Waals surface area contributed by atoms with E-state index in [1.54, 1.807) is 0 Å². The number of nitrogens with zero attached hydrogens (tertiary/aromatic N) is 2. The first-order chi connectivity index (χ1) is 35.8. The van der Waals surface area contributed by atoms with E-state index in [9.17, 15) is 19.5 Å². The Hall–Kier alpha value is -1.71. The van der Waals surface area contributed by atoms with Gasteiger partial charge in [-0.3, -0.25) is 24.2 Å². The highest BCUT2D eigenvalue weighted by Crippen LogP contribution is 2.28. The molecule has 3 unspecified atom stereocenters. The summed E-state index contributed by atoms with van der Waals surface area (Å²) in [6.07, 6.45) is 49.4. The smallest absolute Gasteiger partial charge is 0.306 e. The van der Waals surface area contributed by atoms with Gasteiger partial charge < -0.3 is 19.3 Å². The van der Waals surface area contributed by atoms with Gasteiger partial charge >= 0.3 is 17.9 Å². The number of esters is 3. The lowest BCUT2D eigenvalue weighted by atomic mass is 9.91. The summed E-state index contributed by atoms with van der Waals surface area (Å²) in [5.41, 5.74) is 0. The number of aliphatic hydroxyl groups excluding tert-OH is 1. The van der Waals surface area contributed by atoms with Crippen molar-refractivity contribution < 1.29 is 33.7 Å². The molecule has 0 aromatic carbocycles. The van der Waals surface area contributed by atoms with Crippen LogP contribution in [0.3, 0.4) is 0 Å². The topological polar surface area (TPSA) is 106 Å². The second kappa shape index (κ2) is 52.3. The number of ether oxygens (including phenoxy) is 3. The van der Waals surface area contributed by atoms with Crippen LogP contribution in [0.15, 0.2) is 0 Å². The summed E-state index contributed by atoms with van der Waals surface area (Å²) in [5, 5.41) is 9.95. The Morgan fingerprint density at radius 3 is 1.21 bits per heavy atom. The van der Waals surface area contributed by atoms with Crippen molar-refractivity contribution in [1.29, 1.82) is 0 Å². The van der Waals surface area contributed by atoms with E-state index in [1.807, 2.05) is 0 Å². The fraction of sp³-hybridized carbons (Fsp3) is 0.953. The number of hydrogen-bond acceptors (Lipinski definition) is 9. The molecule has 1 N–H and O–H groups in total. The van der Waals surface area contributed by atoms with Crippen molar-refractivity contribution in [1.82, 2.24) is 9.80 Å². The monoisotopic (exact) mass is 1030 g/mol. The van der Waals surface area contributed by atoms with E-state index >= 15 is 0 Å². The molecule has 0 saturated heterocycles. The molecule has 0 aromatic heterocycles. The second-order valence-corrected chi connectivity index (χ2v) is 23.0. The summed E-state index contributed by atoms with van der Waals surface area (Å²) in [6, 6.07) is 0.643. The van der Waals surface area contributed by atoms with Gasteiger partial charge in [0.2, 0.25) is 0 Å². The van der Waals surface area contributed by atoms with Gasteiger partial charge in [-0.1, -0.05) is 221 Å². The molecule has 0 radical (unpaired) electrons. The maximum atomic E-state index is 13.4. The molecule has 9 heteroatoms. The summed E-state index contributed by atoms with van der Waals surface area (Å²) >= 11 is 0. The summed E-state index contributed by atoms with van der Waals surface area (Å²) < 4.78 is 17.8. The fourth-order valence-electron chi connectivity index (χ4n) is 10.7. The van der Waals surface area contributed by atoms with Gasteiger partial charge in [0.05, 0.1) is 26.4 Å². The average molecular weight is 1030 g/mol. The molecule has 1 rings (SSSR count). The van der Waals surface area contributed by atoms with Gasteiger partial charge in [0, 0.05) is 50.9 Å². The zero-order chi connectivity index (χ0) is 53.1. The maximum Gasteiger partial charge on any atom is 0.306 e. The Morgan fingerprint density at radius 2 is 0.740 bits per heavy atom. The summed E-state index contributed by atoms with van der Waals surface area (Å²) in [5.74, 6) is 0.670. The zero-order valence-electron chi connectivity index (χ0n) is 49.4. The fourth-order valence-corrected chi connectivity index (χ4v) is 10.7. The van der Waals surface area contributed by atoms with Crippen LogP contribution in [0.5, 0.6) is 0 Å². The number of rotatable bonds is 58. The molecule has 432 valence electrons. The Balaban J connectivity index is 2.65. The third-order valence-corrected chi connectivity index (χ3v) is 15.8. The minimum atomic E-state index is -0.117.